The van der Waals surface area contributed by atoms with Gasteiger partial charge in [-0.2, -0.15) is 0 Å². The molecular weight excluding hydrogens is 158 g/mol. The van der Waals surface area contributed by atoms with Crippen LogP contribution in [-0.2, 0) is 0 Å². The molecule has 0 fully saturated rings. The fourth-order valence-corrected chi connectivity index (χ4v) is 1.22. The molecule has 0 heterocycles. The number of nitrogens with zero attached hydrogens (tertiary/aromatic N) is 1. The van der Waals surface area contributed by atoms with Gasteiger partial charge in [-0.25, -0.2) is 0 Å². The molecule has 1 nitrogen and oxygen atoms in total. The van der Waals surface area contributed by atoms with E-state index in [0.29, 0.717) is 11.5 Å². The van der Waals surface area contributed by atoms with Crippen molar-refractivity contribution < 1.29 is 0 Å². The van der Waals surface area contributed by atoms with E-state index in [1.165, 1.54) is 13.0 Å². The fraction of sp³-hybridized carbons (Fsp3) is 1.00. The summed E-state index contributed by atoms with van der Waals surface area (Å²) in [6.07, 6.45) is 1.28. The zero-order valence-electron chi connectivity index (χ0n) is 10.5. The highest BCUT2D eigenvalue weighted by Crippen LogP contribution is 2.19. The normalized spacial score (nSPS) is 15.5. The molecule has 0 saturated heterocycles. The molecule has 0 spiro atoms. The average molecular weight is 185 g/mol. The Labute approximate surface area is 84.5 Å². The van der Waals surface area contributed by atoms with Gasteiger partial charge < -0.3 is 4.90 Å². The largest absolute Gasteiger partial charge is 0.303 e. The molecule has 0 aliphatic heterocycles. The van der Waals surface area contributed by atoms with Crippen LogP contribution in [0.1, 0.15) is 48.0 Å². The van der Waals surface area contributed by atoms with Crippen molar-refractivity contribution in [1.29, 1.82) is 0 Å². The third-order valence-corrected chi connectivity index (χ3v) is 2.87. The van der Waals surface area contributed by atoms with E-state index in [1.54, 1.807) is 0 Å². The monoisotopic (exact) mass is 185 g/mol. The summed E-state index contributed by atoms with van der Waals surface area (Å²) in [6, 6.07) is 0.697. The fourth-order valence-electron chi connectivity index (χ4n) is 1.22. The maximum Gasteiger partial charge on any atom is 0.00868 e. The molecule has 0 rings (SSSR count). The van der Waals surface area contributed by atoms with E-state index in [0.717, 1.165) is 5.92 Å². The van der Waals surface area contributed by atoms with Crippen molar-refractivity contribution in [2.24, 2.45) is 11.3 Å². The molecule has 0 amide bonds. The molecule has 0 bridgehead atoms. The third-order valence-electron chi connectivity index (χ3n) is 2.87. The van der Waals surface area contributed by atoms with Crippen molar-refractivity contribution in [2.75, 3.05) is 13.6 Å². The average Bonchev–Trinajstić information content (AvgIpc) is 1.97. The van der Waals surface area contributed by atoms with Gasteiger partial charge in [-0.15, -0.1) is 0 Å². The maximum absolute atomic E-state index is 2.47. The van der Waals surface area contributed by atoms with Gasteiger partial charge in [-0.1, -0.05) is 34.6 Å². The molecule has 0 aromatic rings. The minimum Gasteiger partial charge on any atom is -0.303 e. The minimum atomic E-state index is 0.463. The van der Waals surface area contributed by atoms with Crippen LogP contribution in [0.2, 0.25) is 0 Å². The third kappa shape index (κ3) is 6.09. The molecule has 1 atom stereocenters. The molecule has 0 aliphatic rings. The van der Waals surface area contributed by atoms with E-state index < -0.39 is 0 Å². The molecule has 0 N–H and O–H groups in total. The van der Waals surface area contributed by atoms with Crippen LogP contribution in [0.15, 0.2) is 0 Å². The number of rotatable bonds is 4. The first-order valence-electron chi connectivity index (χ1n) is 5.44. The first kappa shape index (κ1) is 13.0. The van der Waals surface area contributed by atoms with E-state index >= 15 is 0 Å². The summed E-state index contributed by atoms with van der Waals surface area (Å²) in [4.78, 5) is 2.47. The van der Waals surface area contributed by atoms with Crippen LogP contribution in [0, 0.1) is 11.3 Å². The second-order valence-corrected chi connectivity index (χ2v) is 5.78. The Morgan fingerprint density at radius 3 is 1.85 bits per heavy atom. The van der Waals surface area contributed by atoms with Gasteiger partial charge >= 0.3 is 0 Å². The smallest absolute Gasteiger partial charge is 0.00868 e. The van der Waals surface area contributed by atoms with Crippen molar-refractivity contribution in [3.63, 3.8) is 0 Å². The Morgan fingerprint density at radius 1 is 1.08 bits per heavy atom. The molecule has 1 unspecified atom stereocenters. The van der Waals surface area contributed by atoms with Gasteiger partial charge in [-0.3, -0.25) is 0 Å². The molecule has 0 saturated carbocycles. The van der Waals surface area contributed by atoms with Crippen molar-refractivity contribution in [3.8, 4) is 0 Å². The van der Waals surface area contributed by atoms with Gasteiger partial charge in [0.25, 0.3) is 0 Å². The lowest BCUT2D eigenvalue weighted by Crippen LogP contribution is -2.35. The van der Waals surface area contributed by atoms with E-state index in [2.05, 4.69) is 53.5 Å². The van der Waals surface area contributed by atoms with Crippen molar-refractivity contribution >= 4 is 0 Å². The summed E-state index contributed by atoms with van der Waals surface area (Å²) in [5.41, 5.74) is 0.463. The summed E-state index contributed by atoms with van der Waals surface area (Å²) >= 11 is 0. The lowest BCUT2D eigenvalue weighted by molar-refractivity contribution is 0.181. The van der Waals surface area contributed by atoms with Crippen LogP contribution in [0.5, 0.6) is 0 Å². The van der Waals surface area contributed by atoms with E-state index in [4.69, 9.17) is 0 Å². The Hall–Kier alpha value is -0.0400. The highest BCUT2D eigenvalue weighted by atomic mass is 15.1. The van der Waals surface area contributed by atoms with Gasteiger partial charge in [0.15, 0.2) is 0 Å². The predicted molar refractivity (Wildman–Crippen MR) is 61.0 cm³/mol. The van der Waals surface area contributed by atoms with E-state index in [-0.39, 0.29) is 0 Å². The van der Waals surface area contributed by atoms with Crippen LogP contribution in [0.25, 0.3) is 0 Å². The first-order chi connectivity index (χ1) is 5.74. The van der Waals surface area contributed by atoms with Crippen LogP contribution >= 0.6 is 0 Å². The van der Waals surface area contributed by atoms with Crippen LogP contribution in [-0.4, -0.2) is 24.5 Å². The topological polar surface area (TPSA) is 3.24 Å². The first-order valence-corrected chi connectivity index (χ1v) is 5.44. The zero-order valence-corrected chi connectivity index (χ0v) is 10.5. The SMILES string of the molecule is CC(C)C(C)N(C)CCC(C)(C)C. The summed E-state index contributed by atoms with van der Waals surface area (Å²) in [7, 11) is 2.23. The molecule has 0 aromatic carbocycles. The molecule has 0 aromatic heterocycles. The summed E-state index contributed by atoms with van der Waals surface area (Å²) in [6.45, 7) is 15.0. The standard InChI is InChI=1S/C12H27N/c1-10(2)11(3)13(7)9-8-12(4,5)6/h10-11H,8-9H2,1-7H3. The maximum atomic E-state index is 2.47. The molecule has 1 heteroatoms. The second kappa shape index (κ2) is 4.99. The zero-order chi connectivity index (χ0) is 10.6. The van der Waals surface area contributed by atoms with Gasteiger partial charge in [0.2, 0.25) is 0 Å². The van der Waals surface area contributed by atoms with Gasteiger partial charge in [0.1, 0.15) is 0 Å². The lowest BCUT2D eigenvalue weighted by Gasteiger charge is -2.30. The van der Waals surface area contributed by atoms with Crippen LogP contribution in [0.4, 0.5) is 0 Å². The molecule has 0 aliphatic carbocycles. The highest BCUT2D eigenvalue weighted by molar-refractivity contribution is 4.70. The molecular formula is C12H27N. The Balaban J connectivity index is 3.81. The summed E-state index contributed by atoms with van der Waals surface area (Å²) in [5, 5.41) is 0. The van der Waals surface area contributed by atoms with Crippen molar-refractivity contribution in [3.05, 3.63) is 0 Å². The number of hydrogen-bond donors (Lipinski definition) is 0. The van der Waals surface area contributed by atoms with Crippen LogP contribution < -0.4 is 0 Å². The molecule has 80 valence electrons. The predicted octanol–water partition coefficient (Wildman–Crippen LogP) is 3.40. The molecule has 0 radical (unpaired) electrons. The Morgan fingerprint density at radius 2 is 1.54 bits per heavy atom. The Kier molecular flexibility index (Phi) is 4.98. The summed E-state index contributed by atoms with van der Waals surface area (Å²) in [5.74, 6) is 0.755. The van der Waals surface area contributed by atoms with E-state index in [1.807, 2.05) is 0 Å². The van der Waals surface area contributed by atoms with Gasteiger partial charge in [0.05, 0.1) is 0 Å². The second-order valence-electron chi connectivity index (χ2n) is 5.78. The van der Waals surface area contributed by atoms with Crippen molar-refractivity contribution in [1.82, 2.24) is 4.90 Å². The minimum absolute atomic E-state index is 0.463. The number of hydrogen-bond acceptors (Lipinski definition) is 1. The quantitative estimate of drug-likeness (QED) is 0.649. The van der Waals surface area contributed by atoms with Gasteiger partial charge in [0, 0.05) is 6.04 Å². The lowest BCUT2D eigenvalue weighted by atomic mass is 9.91. The van der Waals surface area contributed by atoms with E-state index in [9.17, 15) is 0 Å². The molecule has 13 heavy (non-hydrogen) atoms. The Bertz CT molecular complexity index is 133. The van der Waals surface area contributed by atoms with Crippen LogP contribution in [0.3, 0.4) is 0 Å². The summed E-state index contributed by atoms with van der Waals surface area (Å²) < 4.78 is 0. The van der Waals surface area contributed by atoms with Crippen molar-refractivity contribution in [2.45, 2.75) is 54.0 Å². The van der Waals surface area contributed by atoms with Gasteiger partial charge in [-0.05, 0) is 38.3 Å². The highest BCUT2D eigenvalue weighted by Gasteiger charge is 2.16.